The fourth-order valence-corrected chi connectivity index (χ4v) is 5.38. The Morgan fingerprint density at radius 1 is 0.368 bits per heavy atom. The molecule has 0 aliphatic heterocycles. The molecular formula is C32H16Cl2O4. The van der Waals surface area contributed by atoms with Gasteiger partial charge in [-0.05, 0) is 47.5 Å². The number of hydrogen-bond donors (Lipinski definition) is 0. The predicted octanol–water partition coefficient (Wildman–Crippen LogP) is 7.36. The number of hydrogen-bond acceptors (Lipinski definition) is 4. The molecule has 0 unspecified atom stereocenters. The minimum Gasteiger partial charge on any atom is -0.289 e. The van der Waals surface area contributed by atoms with Gasteiger partial charge in [-0.1, -0.05) is 83.9 Å². The number of allylic oxidation sites excluding steroid dienone is 4. The highest BCUT2D eigenvalue weighted by molar-refractivity contribution is 6.50. The number of rotatable bonds is 3. The SMILES string of the molecule is O=C1C(C2=C(c3ccccc3)C(=O)c3ccc(Cl)cc3C2=O)=C(c2ccccc2)C(=O)c2ccc(Cl)cc21. The average Bonchev–Trinajstić information content (AvgIpc) is 2.93. The Balaban J connectivity index is 1.76. The van der Waals surface area contributed by atoms with Crippen LogP contribution in [0.4, 0.5) is 0 Å². The molecule has 0 saturated carbocycles. The number of fused-ring (bicyclic) bond motifs is 2. The second kappa shape index (κ2) is 9.18. The molecule has 0 fully saturated rings. The predicted molar refractivity (Wildman–Crippen MR) is 147 cm³/mol. The van der Waals surface area contributed by atoms with Gasteiger partial charge in [0.25, 0.3) is 0 Å². The van der Waals surface area contributed by atoms with Crippen LogP contribution < -0.4 is 0 Å². The molecular weight excluding hydrogens is 519 g/mol. The maximum Gasteiger partial charge on any atom is 0.195 e. The second-order valence-electron chi connectivity index (χ2n) is 8.93. The summed E-state index contributed by atoms with van der Waals surface area (Å²) < 4.78 is 0. The first kappa shape index (κ1) is 24.0. The van der Waals surface area contributed by atoms with E-state index in [-0.39, 0.29) is 54.6 Å². The molecule has 0 heterocycles. The van der Waals surface area contributed by atoms with Crippen LogP contribution in [-0.4, -0.2) is 23.1 Å². The smallest absolute Gasteiger partial charge is 0.195 e. The molecule has 0 amide bonds. The molecule has 6 rings (SSSR count). The van der Waals surface area contributed by atoms with Crippen molar-refractivity contribution in [3.63, 3.8) is 0 Å². The lowest BCUT2D eigenvalue weighted by molar-refractivity contribution is 0.0969. The van der Waals surface area contributed by atoms with Gasteiger partial charge in [-0.3, -0.25) is 19.2 Å². The van der Waals surface area contributed by atoms with E-state index in [4.69, 9.17) is 23.2 Å². The molecule has 6 heteroatoms. The average molecular weight is 535 g/mol. The van der Waals surface area contributed by atoms with Crippen LogP contribution >= 0.6 is 23.2 Å². The summed E-state index contributed by atoms with van der Waals surface area (Å²) in [7, 11) is 0. The molecule has 0 bridgehead atoms. The van der Waals surface area contributed by atoms with Crippen molar-refractivity contribution in [2.75, 3.05) is 0 Å². The van der Waals surface area contributed by atoms with Gasteiger partial charge in [0.15, 0.2) is 23.1 Å². The van der Waals surface area contributed by atoms with Crippen LogP contribution in [0.5, 0.6) is 0 Å². The first-order chi connectivity index (χ1) is 18.4. The molecule has 0 N–H and O–H groups in total. The van der Waals surface area contributed by atoms with Crippen LogP contribution in [0.1, 0.15) is 52.6 Å². The van der Waals surface area contributed by atoms with Gasteiger partial charge in [-0.2, -0.15) is 0 Å². The van der Waals surface area contributed by atoms with Gasteiger partial charge in [0.1, 0.15) is 0 Å². The van der Waals surface area contributed by atoms with Crippen molar-refractivity contribution < 1.29 is 19.2 Å². The third kappa shape index (κ3) is 3.69. The van der Waals surface area contributed by atoms with E-state index in [1.54, 1.807) is 72.8 Å². The van der Waals surface area contributed by atoms with Gasteiger partial charge < -0.3 is 0 Å². The Hall–Kier alpha value is -4.38. The number of carbonyl (C=O) groups excluding carboxylic acids is 4. The van der Waals surface area contributed by atoms with E-state index in [0.29, 0.717) is 11.1 Å². The minimum atomic E-state index is -0.559. The normalized spacial score (nSPS) is 15.1. The third-order valence-corrected chi connectivity index (χ3v) is 7.20. The summed E-state index contributed by atoms with van der Waals surface area (Å²) >= 11 is 12.4. The van der Waals surface area contributed by atoms with E-state index >= 15 is 0 Å². The maximum absolute atomic E-state index is 14.2. The van der Waals surface area contributed by atoms with Crippen molar-refractivity contribution in [1.29, 1.82) is 0 Å². The van der Waals surface area contributed by atoms with E-state index in [1.807, 2.05) is 0 Å². The highest BCUT2D eigenvalue weighted by Gasteiger charge is 2.42. The first-order valence-corrected chi connectivity index (χ1v) is 12.5. The summed E-state index contributed by atoms with van der Waals surface area (Å²) in [5, 5.41) is 0.542. The van der Waals surface area contributed by atoms with Gasteiger partial charge >= 0.3 is 0 Å². The lowest BCUT2D eigenvalue weighted by Gasteiger charge is -2.27. The quantitative estimate of drug-likeness (QED) is 0.275. The second-order valence-corrected chi connectivity index (χ2v) is 9.80. The summed E-state index contributed by atoms with van der Waals surface area (Å²) in [6, 6.07) is 26.3. The van der Waals surface area contributed by atoms with Crippen molar-refractivity contribution >= 4 is 57.5 Å². The Morgan fingerprint density at radius 3 is 1.08 bits per heavy atom. The van der Waals surface area contributed by atoms with Crippen LogP contribution in [0.15, 0.2) is 108 Å². The van der Waals surface area contributed by atoms with Gasteiger partial charge in [-0.15, -0.1) is 0 Å². The Bertz CT molecular complexity index is 1650. The van der Waals surface area contributed by atoms with Crippen LogP contribution in [-0.2, 0) is 0 Å². The molecule has 2 aliphatic rings. The molecule has 38 heavy (non-hydrogen) atoms. The number of halogens is 2. The monoisotopic (exact) mass is 534 g/mol. The number of carbonyl (C=O) groups is 4. The van der Waals surface area contributed by atoms with E-state index in [0.717, 1.165) is 0 Å². The molecule has 0 atom stereocenters. The molecule has 0 saturated heterocycles. The zero-order valence-electron chi connectivity index (χ0n) is 19.6. The Kier molecular flexibility index (Phi) is 5.79. The number of Topliss-reactive ketones (excluding diaryl/α,β-unsaturated/α-hetero) is 4. The van der Waals surface area contributed by atoms with Crippen molar-refractivity contribution in [1.82, 2.24) is 0 Å². The van der Waals surface area contributed by atoms with Gasteiger partial charge in [-0.25, -0.2) is 0 Å². The van der Waals surface area contributed by atoms with E-state index in [1.165, 1.54) is 24.3 Å². The van der Waals surface area contributed by atoms with Crippen molar-refractivity contribution in [2.45, 2.75) is 0 Å². The van der Waals surface area contributed by atoms with Gasteiger partial charge in [0.05, 0.1) is 0 Å². The lowest BCUT2D eigenvalue weighted by atomic mass is 9.72. The largest absolute Gasteiger partial charge is 0.289 e. The topological polar surface area (TPSA) is 68.3 Å². The highest BCUT2D eigenvalue weighted by atomic mass is 35.5. The van der Waals surface area contributed by atoms with Gasteiger partial charge in [0, 0.05) is 54.6 Å². The Labute approximate surface area is 227 Å². The fraction of sp³-hybridized carbons (Fsp3) is 0. The summed E-state index contributed by atoms with van der Waals surface area (Å²) in [6.45, 7) is 0. The lowest BCUT2D eigenvalue weighted by Crippen LogP contribution is -2.29. The number of benzene rings is 4. The molecule has 4 aromatic rings. The van der Waals surface area contributed by atoms with Crippen LogP contribution in [0.25, 0.3) is 11.1 Å². The molecule has 0 spiro atoms. The maximum atomic E-state index is 14.2. The third-order valence-electron chi connectivity index (χ3n) is 6.72. The van der Waals surface area contributed by atoms with Crippen molar-refractivity contribution in [3.8, 4) is 0 Å². The molecule has 0 aromatic heterocycles. The first-order valence-electron chi connectivity index (χ1n) is 11.7. The summed E-state index contributed by atoms with van der Waals surface area (Å²) in [5.41, 5.74) is 1.29. The van der Waals surface area contributed by atoms with E-state index in [9.17, 15) is 19.2 Å². The number of ketones is 4. The fourth-order valence-electron chi connectivity index (χ4n) is 5.04. The van der Waals surface area contributed by atoms with Crippen molar-refractivity contribution in [2.24, 2.45) is 0 Å². The zero-order chi connectivity index (χ0) is 26.6. The molecule has 4 aromatic carbocycles. The zero-order valence-corrected chi connectivity index (χ0v) is 21.1. The molecule has 0 radical (unpaired) electrons. The van der Waals surface area contributed by atoms with E-state index in [2.05, 4.69) is 0 Å². The standard InChI is InChI=1S/C32H16Cl2O4/c33-19-11-13-21-23(15-19)31(37)27(25(29(21)35)17-7-3-1-4-8-17)28-26(18-9-5-2-6-10-18)30(36)22-14-12-20(34)16-24(22)32(28)38/h1-16H. The van der Waals surface area contributed by atoms with Crippen LogP contribution in [0.3, 0.4) is 0 Å². The van der Waals surface area contributed by atoms with Crippen LogP contribution in [0.2, 0.25) is 10.0 Å². The molecule has 182 valence electrons. The summed E-state index contributed by atoms with van der Waals surface area (Å²) in [4.78, 5) is 56.4. The van der Waals surface area contributed by atoms with Gasteiger partial charge in [0.2, 0.25) is 0 Å². The summed E-state index contributed by atoms with van der Waals surface area (Å²) in [6.07, 6.45) is 0. The van der Waals surface area contributed by atoms with Crippen molar-refractivity contribution in [3.05, 3.63) is 152 Å². The highest BCUT2D eigenvalue weighted by Crippen LogP contribution is 2.43. The van der Waals surface area contributed by atoms with E-state index < -0.39 is 23.1 Å². The minimum absolute atomic E-state index is 0.0560. The molecule has 2 aliphatic carbocycles. The summed E-state index contributed by atoms with van der Waals surface area (Å²) in [5.74, 6) is -1.99. The Morgan fingerprint density at radius 2 is 0.711 bits per heavy atom. The molecule has 4 nitrogen and oxygen atoms in total. The van der Waals surface area contributed by atoms with Crippen LogP contribution in [0, 0.1) is 0 Å².